The lowest BCUT2D eigenvalue weighted by molar-refractivity contribution is -0.123. The second kappa shape index (κ2) is 9.82. The van der Waals surface area contributed by atoms with Crippen LogP contribution in [0.1, 0.15) is 30.6 Å². The molecule has 0 atom stereocenters. The Hall–Kier alpha value is -1.48. The Morgan fingerprint density at radius 2 is 1.93 bits per heavy atom. The zero-order chi connectivity index (χ0) is 20.0. The van der Waals surface area contributed by atoms with Crippen LogP contribution in [0.5, 0.6) is 0 Å². The number of nitrogens with zero attached hydrogens (tertiary/aromatic N) is 3. The van der Waals surface area contributed by atoms with E-state index in [9.17, 15) is 9.59 Å². The number of rotatable bonds is 6. The first-order valence-electron chi connectivity index (χ1n) is 10.1. The Balaban J connectivity index is 1.42. The van der Waals surface area contributed by atoms with Crippen molar-refractivity contribution in [2.45, 2.75) is 25.8 Å². The number of ether oxygens (including phenoxy) is 1. The van der Waals surface area contributed by atoms with E-state index in [1.807, 2.05) is 21.7 Å². The van der Waals surface area contributed by atoms with Gasteiger partial charge in [-0.25, -0.2) is 0 Å². The highest BCUT2D eigenvalue weighted by Gasteiger charge is 2.29. The molecule has 0 spiro atoms. The van der Waals surface area contributed by atoms with E-state index in [0.717, 1.165) is 57.9 Å². The highest BCUT2D eigenvalue weighted by Crippen LogP contribution is 2.15. The average Bonchev–Trinajstić information content (AvgIpc) is 3.14. The van der Waals surface area contributed by atoms with Crippen molar-refractivity contribution in [3.8, 4) is 0 Å². The fourth-order valence-corrected chi connectivity index (χ4v) is 4.38. The van der Waals surface area contributed by atoms with Crippen LogP contribution in [0.2, 0.25) is 0 Å². The molecule has 2 aliphatic rings. The summed E-state index contributed by atoms with van der Waals surface area (Å²) >= 11 is 1.54. The minimum atomic E-state index is -0.0814. The first-order valence-corrected chi connectivity index (χ1v) is 11.0. The summed E-state index contributed by atoms with van der Waals surface area (Å²) < 4.78 is 5.42. The largest absolute Gasteiger partial charge is 0.379 e. The smallest absolute Gasteiger partial charge is 0.254 e. The van der Waals surface area contributed by atoms with Crippen molar-refractivity contribution >= 4 is 23.2 Å². The van der Waals surface area contributed by atoms with Crippen LogP contribution in [0.15, 0.2) is 16.8 Å². The highest BCUT2D eigenvalue weighted by atomic mass is 32.1. The lowest BCUT2D eigenvalue weighted by atomic mass is 10.0. The van der Waals surface area contributed by atoms with E-state index in [1.54, 1.807) is 11.3 Å². The molecule has 1 aromatic rings. The normalized spacial score (nSPS) is 20.0. The van der Waals surface area contributed by atoms with E-state index in [0.29, 0.717) is 19.6 Å². The molecule has 3 rings (SSSR count). The third kappa shape index (κ3) is 5.76. The van der Waals surface area contributed by atoms with Gasteiger partial charge in [0.25, 0.3) is 5.91 Å². The van der Waals surface area contributed by atoms with Crippen molar-refractivity contribution in [3.05, 3.63) is 22.4 Å². The van der Waals surface area contributed by atoms with Gasteiger partial charge in [0, 0.05) is 56.7 Å². The van der Waals surface area contributed by atoms with Gasteiger partial charge in [-0.2, -0.15) is 11.3 Å². The Morgan fingerprint density at radius 3 is 2.64 bits per heavy atom. The summed E-state index contributed by atoms with van der Waals surface area (Å²) in [6.45, 7) is 11.7. The van der Waals surface area contributed by atoms with Gasteiger partial charge in [0.2, 0.25) is 5.91 Å². The van der Waals surface area contributed by atoms with E-state index >= 15 is 0 Å². The third-order valence-electron chi connectivity index (χ3n) is 5.60. The molecule has 0 bridgehead atoms. The summed E-state index contributed by atoms with van der Waals surface area (Å²) in [6, 6.07) is 1.87. The maximum absolute atomic E-state index is 12.5. The van der Waals surface area contributed by atoms with Gasteiger partial charge >= 0.3 is 0 Å². The Kier molecular flexibility index (Phi) is 7.45. The molecule has 0 aliphatic carbocycles. The maximum atomic E-state index is 12.5. The summed E-state index contributed by atoms with van der Waals surface area (Å²) in [7, 11) is 0. The predicted octanol–water partition coefficient (Wildman–Crippen LogP) is 1.12. The number of hydrogen-bond acceptors (Lipinski definition) is 6. The monoisotopic (exact) mass is 408 g/mol. The maximum Gasteiger partial charge on any atom is 0.254 e. The van der Waals surface area contributed by atoms with Crippen LogP contribution in [0.4, 0.5) is 0 Å². The molecule has 8 heteroatoms. The second-order valence-electron chi connectivity index (χ2n) is 8.12. The van der Waals surface area contributed by atoms with Crippen molar-refractivity contribution in [3.63, 3.8) is 0 Å². The molecule has 7 nitrogen and oxygen atoms in total. The summed E-state index contributed by atoms with van der Waals surface area (Å²) in [6.07, 6.45) is 0.891. The lowest BCUT2D eigenvalue weighted by Gasteiger charge is -2.41. The molecular weight excluding hydrogens is 376 g/mol. The van der Waals surface area contributed by atoms with Gasteiger partial charge in [-0.15, -0.1) is 0 Å². The van der Waals surface area contributed by atoms with Gasteiger partial charge in [-0.05, 0) is 31.7 Å². The second-order valence-corrected chi connectivity index (χ2v) is 8.90. The molecule has 0 aromatic carbocycles. The first kappa shape index (κ1) is 21.2. The Morgan fingerprint density at radius 1 is 1.14 bits per heavy atom. The molecule has 2 aliphatic heterocycles. The molecule has 2 amide bonds. The van der Waals surface area contributed by atoms with Crippen LogP contribution in [0, 0.1) is 0 Å². The summed E-state index contributed by atoms with van der Waals surface area (Å²) in [5.74, 6) is 0.152. The van der Waals surface area contributed by atoms with Crippen LogP contribution in [0.3, 0.4) is 0 Å². The van der Waals surface area contributed by atoms with E-state index in [4.69, 9.17) is 4.74 Å². The summed E-state index contributed by atoms with van der Waals surface area (Å²) in [4.78, 5) is 31.4. The minimum absolute atomic E-state index is 0.0546. The number of carbonyl (C=O) groups excluding carboxylic acids is 2. The Bertz CT molecular complexity index is 644. The predicted molar refractivity (Wildman–Crippen MR) is 111 cm³/mol. The lowest BCUT2D eigenvalue weighted by Crippen LogP contribution is -2.56. The highest BCUT2D eigenvalue weighted by molar-refractivity contribution is 7.08. The zero-order valence-corrected chi connectivity index (χ0v) is 17.8. The molecule has 2 fully saturated rings. The average molecular weight is 409 g/mol. The van der Waals surface area contributed by atoms with E-state index < -0.39 is 0 Å². The number of thiophene rings is 1. The van der Waals surface area contributed by atoms with Gasteiger partial charge in [-0.1, -0.05) is 0 Å². The molecule has 0 radical (unpaired) electrons. The fraction of sp³-hybridized carbons (Fsp3) is 0.700. The van der Waals surface area contributed by atoms with Gasteiger partial charge in [0.15, 0.2) is 0 Å². The molecule has 2 saturated heterocycles. The van der Waals surface area contributed by atoms with Crippen LogP contribution < -0.4 is 5.32 Å². The van der Waals surface area contributed by atoms with Crippen molar-refractivity contribution in [2.24, 2.45) is 0 Å². The van der Waals surface area contributed by atoms with E-state index in [2.05, 4.69) is 29.0 Å². The fourth-order valence-electron chi connectivity index (χ4n) is 3.76. The summed E-state index contributed by atoms with van der Waals surface area (Å²) in [5, 5.41) is 6.93. The zero-order valence-electron chi connectivity index (χ0n) is 17.0. The van der Waals surface area contributed by atoms with Gasteiger partial charge < -0.3 is 15.0 Å². The number of carbonyl (C=O) groups is 2. The number of morpholine rings is 1. The molecule has 3 heterocycles. The SMILES string of the molecule is CC(C)(CNC(=O)CN1CCCN(C(=O)c2ccsc2)CC1)N1CCOCC1. The van der Waals surface area contributed by atoms with Gasteiger partial charge in [0.1, 0.15) is 0 Å². The van der Waals surface area contributed by atoms with Gasteiger partial charge in [-0.3, -0.25) is 19.4 Å². The Labute approximate surface area is 171 Å². The topological polar surface area (TPSA) is 65.1 Å². The van der Waals surface area contributed by atoms with E-state index in [-0.39, 0.29) is 17.4 Å². The number of nitrogens with one attached hydrogen (secondary N) is 1. The van der Waals surface area contributed by atoms with Crippen LogP contribution in [0.25, 0.3) is 0 Å². The van der Waals surface area contributed by atoms with Crippen LogP contribution >= 0.6 is 11.3 Å². The molecular formula is C20H32N4O3S. The van der Waals surface area contributed by atoms with Crippen molar-refractivity contribution < 1.29 is 14.3 Å². The molecule has 28 heavy (non-hydrogen) atoms. The van der Waals surface area contributed by atoms with Crippen molar-refractivity contribution in [1.29, 1.82) is 0 Å². The standard InChI is InChI=1S/C20H32N4O3S/c1-20(2,24-9-11-27-12-10-24)16-21-18(25)14-22-5-3-6-23(8-7-22)19(26)17-4-13-28-15-17/h4,13,15H,3,5-12,14,16H2,1-2H3,(H,21,25). The number of amides is 2. The van der Waals surface area contributed by atoms with E-state index in [1.165, 1.54) is 0 Å². The van der Waals surface area contributed by atoms with Gasteiger partial charge in [0.05, 0.1) is 25.3 Å². The molecule has 1 N–H and O–H groups in total. The minimum Gasteiger partial charge on any atom is -0.379 e. The molecule has 0 unspecified atom stereocenters. The molecule has 1 aromatic heterocycles. The quantitative estimate of drug-likeness (QED) is 0.764. The molecule has 0 saturated carbocycles. The summed E-state index contributed by atoms with van der Waals surface area (Å²) in [5.41, 5.74) is 0.684. The van der Waals surface area contributed by atoms with Crippen molar-refractivity contribution in [1.82, 2.24) is 20.0 Å². The van der Waals surface area contributed by atoms with Crippen LogP contribution in [-0.2, 0) is 9.53 Å². The molecule has 156 valence electrons. The van der Waals surface area contributed by atoms with Crippen LogP contribution in [-0.4, -0.2) is 97.6 Å². The van der Waals surface area contributed by atoms with Crippen molar-refractivity contribution in [2.75, 3.05) is 65.6 Å². The number of hydrogen-bond donors (Lipinski definition) is 1. The first-order chi connectivity index (χ1) is 13.5. The third-order valence-corrected chi connectivity index (χ3v) is 6.28.